The summed E-state index contributed by atoms with van der Waals surface area (Å²) in [5, 5.41) is 0. The monoisotopic (exact) mass is 487 g/mol. The van der Waals surface area contributed by atoms with E-state index in [1.54, 1.807) is 24.3 Å². The van der Waals surface area contributed by atoms with Crippen LogP contribution >= 0.6 is 0 Å². The van der Waals surface area contributed by atoms with Crippen LogP contribution in [-0.2, 0) is 14.6 Å². The quantitative estimate of drug-likeness (QED) is 0.407. The molecule has 0 aromatic heterocycles. The number of nitrogens with zero attached hydrogens (tertiary/aromatic N) is 1. The number of halogens is 2. The maximum Gasteiger partial charge on any atom is 0.217 e. The van der Waals surface area contributed by atoms with E-state index in [9.17, 15) is 17.2 Å². The number of benzene rings is 3. The second-order valence-electron chi connectivity index (χ2n) is 7.43. The highest BCUT2D eigenvalue weighted by molar-refractivity contribution is 7.90. The fourth-order valence-electron chi connectivity index (χ4n) is 3.52. The third kappa shape index (κ3) is 6.50. The molecular weight excluding hydrogens is 456 g/mol. The van der Waals surface area contributed by atoms with Crippen molar-refractivity contribution in [3.8, 4) is 11.1 Å². The molecule has 0 saturated heterocycles. The first-order valence-electron chi connectivity index (χ1n) is 11.0. The van der Waals surface area contributed by atoms with Gasteiger partial charge in [-0.15, -0.1) is 0 Å². The third-order valence-corrected chi connectivity index (χ3v) is 6.29. The summed E-state index contributed by atoms with van der Waals surface area (Å²) in [6.07, 6.45) is -0.465. The number of rotatable bonds is 5. The summed E-state index contributed by atoms with van der Waals surface area (Å²) in [6.45, 7) is 5.50. The van der Waals surface area contributed by atoms with Crippen molar-refractivity contribution in [1.29, 1.82) is 0 Å². The van der Waals surface area contributed by atoms with Crippen LogP contribution < -0.4 is 0 Å². The van der Waals surface area contributed by atoms with E-state index in [0.29, 0.717) is 13.1 Å². The topological polar surface area (TPSA) is 55.7 Å². The summed E-state index contributed by atoms with van der Waals surface area (Å²) in [5.41, 5.74) is 3.51. The molecule has 0 amide bonds. The van der Waals surface area contributed by atoms with Crippen LogP contribution in [0.5, 0.6) is 0 Å². The van der Waals surface area contributed by atoms with Gasteiger partial charge >= 0.3 is 0 Å². The summed E-state index contributed by atoms with van der Waals surface area (Å²) >= 11 is 0. The molecule has 3 atom stereocenters. The van der Waals surface area contributed by atoms with E-state index in [1.807, 2.05) is 68.4 Å². The largest absolute Gasteiger partial charge is 0.467 e. The lowest BCUT2D eigenvalue weighted by Crippen LogP contribution is -2.22. The molecule has 1 aliphatic heterocycles. The van der Waals surface area contributed by atoms with Crippen LogP contribution in [0.25, 0.3) is 11.1 Å². The van der Waals surface area contributed by atoms with E-state index in [1.165, 1.54) is 13.2 Å². The Morgan fingerprint density at radius 1 is 0.824 bits per heavy atom. The van der Waals surface area contributed by atoms with Crippen molar-refractivity contribution in [2.24, 2.45) is 4.99 Å². The molecule has 7 heteroatoms. The van der Waals surface area contributed by atoms with E-state index in [4.69, 9.17) is 4.74 Å². The molecule has 0 bridgehead atoms. The first-order valence-corrected chi connectivity index (χ1v) is 12.9. The van der Waals surface area contributed by atoms with Crippen LogP contribution in [0.2, 0.25) is 0 Å². The molecule has 3 aromatic carbocycles. The number of hydrogen-bond acceptors (Lipinski definition) is 4. The van der Waals surface area contributed by atoms with Gasteiger partial charge in [0.1, 0.15) is 12.2 Å². The van der Waals surface area contributed by atoms with Gasteiger partial charge in [0.2, 0.25) is 5.90 Å². The predicted molar refractivity (Wildman–Crippen MR) is 135 cm³/mol. The third-order valence-electron chi connectivity index (χ3n) is 5.16. The van der Waals surface area contributed by atoms with Crippen molar-refractivity contribution in [2.45, 2.75) is 44.0 Å². The Labute approximate surface area is 201 Å². The highest BCUT2D eigenvalue weighted by Gasteiger charge is 2.36. The Hall–Kier alpha value is -3.06. The first-order chi connectivity index (χ1) is 16.3. The standard InChI is InChI=1S/C24H22FNO3S.C2H6.CH3F/c1-16(25)22-23(29-24(26-22)20-6-4-3-5-7-20)19-10-8-17(9-11-19)18-12-14-21(15-13-18)30(2,27)28;2*1-2/h3-16,22-23H,1-2H3;1-2H3;1H3/t16?,22-,23-;;/m1../s1. The molecule has 0 spiro atoms. The average Bonchev–Trinajstić information content (AvgIpc) is 3.33. The number of ether oxygens (including phenoxy) is 1. The minimum absolute atomic E-state index is 0.285. The number of aliphatic imine (C=N–C) groups is 1. The minimum Gasteiger partial charge on any atom is -0.467 e. The van der Waals surface area contributed by atoms with Gasteiger partial charge in [0.25, 0.3) is 0 Å². The molecule has 0 N–H and O–H groups in total. The predicted octanol–water partition coefficient (Wildman–Crippen LogP) is 6.61. The van der Waals surface area contributed by atoms with Gasteiger partial charge in [-0.25, -0.2) is 17.8 Å². The number of hydrogen-bond donors (Lipinski definition) is 0. The molecule has 1 aliphatic rings. The summed E-state index contributed by atoms with van der Waals surface area (Å²) in [7, 11) is -2.73. The Kier molecular flexibility index (Phi) is 9.93. The van der Waals surface area contributed by atoms with Gasteiger partial charge in [0.15, 0.2) is 15.9 Å². The van der Waals surface area contributed by atoms with E-state index >= 15 is 0 Å². The second kappa shape index (κ2) is 12.4. The van der Waals surface area contributed by atoms with Crippen LogP contribution in [0.4, 0.5) is 8.78 Å². The molecule has 4 nitrogen and oxygen atoms in total. The van der Waals surface area contributed by atoms with Crippen molar-refractivity contribution in [1.82, 2.24) is 0 Å². The van der Waals surface area contributed by atoms with E-state index in [-0.39, 0.29) is 4.90 Å². The van der Waals surface area contributed by atoms with Crippen molar-refractivity contribution in [3.05, 3.63) is 90.0 Å². The zero-order chi connectivity index (χ0) is 25.3. The molecule has 0 fully saturated rings. The highest BCUT2D eigenvalue weighted by atomic mass is 32.2. The van der Waals surface area contributed by atoms with Gasteiger partial charge in [0.05, 0.1) is 12.1 Å². The Balaban J connectivity index is 0.000000970. The van der Waals surface area contributed by atoms with E-state index < -0.39 is 28.2 Å². The lowest BCUT2D eigenvalue weighted by molar-refractivity contribution is 0.151. The maximum atomic E-state index is 14.3. The molecule has 0 radical (unpaired) electrons. The minimum atomic E-state index is -3.23. The van der Waals surface area contributed by atoms with Gasteiger partial charge in [0, 0.05) is 11.8 Å². The van der Waals surface area contributed by atoms with Gasteiger partial charge in [-0.2, -0.15) is 0 Å². The highest BCUT2D eigenvalue weighted by Crippen LogP contribution is 2.35. The van der Waals surface area contributed by atoms with Crippen LogP contribution in [0, 0.1) is 0 Å². The molecule has 0 aliphatic carbocycles. The van der Waals surface area contributed by atoms with Crippen LogP contribution in [0.3, 0.4) is 0 Å². The van der Waals surface area contributed by atoms with E-state index in [2.05, 4.69) is 4.99 Å². The van der Waals surface area contributed by atoms with Crippen LogP contribution in [-0.4, -0.2) is 40.0 Å². The Bertz CT molecular complexity index is 1160. The summed E-state index contributed by atoms with van der Waals surface area (Å²) < 4.78 is 53.1. The molecular formula is C27H31F2NO3S. The fourth-order valence-corrected chi connectivity index (χ4v) is 4.15. The molecule has 1 unspecified atom stereocenters. The fraction of sp³-hybridized carbons (Fsp3) is 0.296. The molecule has 34 heavy (non-hydrogen) atoms. The normalized spacial score (nSPS) is 17.8. The Morgan fingerprint density at radius 2 is 1.32 bits per heavy atom. The first kappa shape index (κ1) is 27.2. The lowest BCUT2D eigenvalue weighted by Gasteiger charge is -2.19. The summed E-state index contributed by atoms with van der Waals surface area (Å²) in [5.74, 6) is 0.454. The zero-order valence-corrected chi connectivity index (χ0v) is 20.9. The Morgan fingerprint density at radius 3 is 1.79 bits per heavy atom. The number of sulfone groups is 1. The number of alkyl halides is 2. The summed E-state index contributed by atoms with van der Waals surface area (Å²) in [4.78, 5) is 4.78. The van der Waals surface area contributed by atoms with Crippen molar-refractivity contribution in [2.75, 3.05) is 13.4 Å². The molecule has 0 saturated carbocycles. The molecule has 182 valence electrons. The summed E-state index contributed by atoms with van der Waals surface area (Å²) in [6, 6.07) is 23.3. The molecule has 4 rings (SSSR count). The maximum absolute atomic E-state index is 14.3. The van der Waals surface area contributed by atoms with Crippen molar-refractivity contribution in [3.63, 3.8) is 0 Å². The van der Waals surface area contributed by atoms with E-state index in [0.717, 1.165) is 22.3 Å². The van der Waals surface area contributed by atoms with Gasteiger partial charge < -0.3 is 4.74 Å². The lowest BCUT2D eigenvalue weighted by atomic mass is 9.97. The van der Waals surface area contributed by atoms with Gasteiger partial charge in [-0.1, -0.05) is 68.4 Å². The molecule has 3 aromatic rings. The van der Waals surface area contributed by atoms with Crippen LogP contribution in [0.1, 0.15) is 38.0 Å². The van der Waals surface area contributed by atoms with Crippen molar-refractivity contribution >= 4 is 15.7 Å². The SMILES string of the molecule is CC.CC(F)[C@H]1N=C(c2ccccc2)O[C@@H]1c1ccc(-c2ccc(S(C)(=O)=O)cc2)cc1.CF. The van der Waals surface area contributed by atoms with Crippen molar-refractivity contribution < 1.29 is 21.9 Å². The van der Waals surface area contributed by atoms with Gasteiger partial charge in [-0.3, -0.25) is 4.39 Å². The average molecular weight is 488 g/mol. The van der Waals surface area contributed by atoms with Crippen LogP contribution in [0.15, 0.2) is 88.8 Å². The molecule has 1 heterocycles. The smallest absolute Gasteiger partial charge is 0.217 e. The second-order valence-corrected chi connectivity index (χ2v) is 9.44. The zero-order valence-electron chi connectivity index (χ0n) is 20.1. The van der Waals surface area contributed by atoms with Gasteiger partial charge in [-0.05, 0) is 47.9 Å².